The molecule has 24 heavy (non-hydrogen) atoms. The van der Waals surface area contributed by atoms with Crippen molar-refractivity contribution in [3.8, 4) is 0 Å². The second-order valence-corrected chi connectivity index (χ2v) is 9.63. The number of allylic oxidation sites excluding steroid dienone is 2. The number of hydrogen-bond acceptors (Lipinski definition) is 2. The summed E-state index contributed by atoms with van der Waals surface area (Å²) in [5, 5.41) is 9.65. The van der Waals surface area contributed by atoms with Crippen molar-refractivity contribution >= 4 is 17.7 Å². The van der Waals surface area contributed by atoms with E-state index in [1.54, 1.807) is 0 Å². The van der Waals surface area contributed by atoms with E-state index in [9.17, 15) is 4.79 Å². The van der Waals surface area contributed by atoms with Crippen LogP contribution in [0.3, 0.4) is 0 Å². The maximum atomic E-state index is 10.5. The predicted octanol–water partition coefficient (Wildman–Crippen LogP) is 5.92. The zero-order valence-corrected chi connectivity index (χ0v) is 15.8. The average Bonchev–Trinajstić information content (AvgIpc) is 3.28. The summed E-state index contributed by atoms with van der Waals surface area (Å²) in [4.78, 5) is 10.5. The third-order valence-electron chi connectivity index (χ3n) is 6.72. The average molecular weight is 351 g/mol. The molecule has 2 bridgehead atoms. The Balaban J connectivity index is 1.39. The van der Waals surface area contributed by atoms with Gasteiger partial charge in [0.25, 0.3) is 0 Å². The van der Waals surface area contributed by atoms with Crippen LogP contribution in [0.2, 0.25) is 0 Å². The van der Waals surface area contributed by atoms with Gasteiger partial charge in [0.05, 0.1) is 0 Å². The lowest BCUT2D eigenvalue weighted by Gasteiger charge is -2.30. The summed E-state index contributed by atoms with van der Waals surface area (Å²) in [5.74, 6) is 4.61. The maximum absolute atomic E-state index is 10.5. The number of carbonyl (C=O) groups is 1. The SMILES string of the molecule is O=C(O)CCCC=CC[C@H]1[C@H]2CC[C@H](C2)[C@H]1CCSC1CCCC1. The van der Waals surface area contributed by atoms with Gasteiger partial charge in [0, 0.05) is 11.7 Å². The minimum atomic E-state index is -0.670. The zero-order valence-electron chi connectivity index (χ0n) is 15.0. The molecular weight excluding hydrogens is 316 g/mol. The summed E-state index contributed by atoms with van der Waals surface area (Å²) in [6, 6.07) is 0. The minimum absolute atomic E-state index is 0.305. The highest BCUT2D eigenvalue weighted by molar-refractivity contribution is 7.99. The highest BCUT2D eigenvalue weighted by Gasteiger charge is 2.46. The van der Waals surface area contributed by atoms with Crippen LogP contribution < -0.4 is 0 Å². The summed E-state index contributed by atoms with van der Waals surface area (Å²) >= 11 is 2.26. The number of unbranched alkanes of at least 4 members (excludes halogenated alkanes) is 1. The molecule has 3 fully saturated rings. The molecule has 0 aromatic heterocycles. The Morgan fingerprint density at radius 3 is 2.54 bits per heavy atom. The van der Waals surface area contributed by atoms with E-state index in [4.69, 9.17) is 5.11 Å². The number of fused-ring (bicyclic) bond motifs is 2. The van der Waals surface area contributed by atoms with E-state index in [2.05, 4.69) is 23.9 Å². The third kappa shape index (κ3) is 5.03. The van der Waals surface area contributed by atoms with Gasteiger partial charge in [0.15, 0.2) is 0 Å². The summed E-state index contributed by atoms with van der Waals surface area (Å²) < 4.78 is 0. The molecule has 136 valence electrons. The molecule has 0 aliphatic heterocycles. The largest absolute Gasteiger partial charge is 0.481 e. The van der Waals surface area contributed by atoms with Crippen LogP contribution in [-0.2, 0) is 4.79 Å². The van der Waals surface area contributed by atoms with Crippen molar-refractivity contribution < 1.29 is 9.90 Å². The number of carboxylic acid groups (broad SMARTS) is 1. The molecule has 0 saturated heterocycles. The Morgan fingerprint density at radius 2 is 1.79 bits per heavy atom. The van der Waals surface area contributed by atoms with Crippen LogP contribution in [0.25, 0.3) is 0 Å². The zero-order chi connectivity index (χ0) is 16.8. The minimum Gasteiger partial charge on any atom is -0.481 e. The Hall–Kier alpha value is -0.440. The van der Waals surface area contributed by atoms with Crippen LogP contribution in [-0.4, -0.2) is 22.1 Å². The van der Waals surface area contributed by atoms with Gasteiger partial charge in [-0.25, -0.2) is 0 Å². The van der Waals surface area contributed by atoms with Gasteiger partial charge in [-0.1, -0.05) is 25.0 Å². The molecule has 3 saturated carbocycles. The van der Waals surface area contributed by atoms with Gasteiger partial charge in [-0.15, -0.1) is 0 Å². The van der Waals surface area contributed by atoms with Crippen molar-refractivity contribution in [3.63, 3.8) is 0 Å². The smallest absolute Gasteiger partial charge is 0.303 e. The molecule has 0 amide bonds. The molecule has 1 N–H and O–H groups in total. The highest BCUT2D eigenvalue weighted by atomic mass is 32.2. The van der Waals surface area contributed by atoms with E-state index < -0.39 is 5.97 Å². The fourth-order valence-corrected chi connectivity index (χ4v) is 6.92. The third-order valence-corrected chi connectivity index (χ3v) is 8.13. The van der Waals surface area contributed by atoms with E-state index in [1.807, 2.05) is 0 Å². The molecule has 4 atom stereocenters. The van der Waals surface area contributed by atoms with E-state index in [0.29, 0.717) is 6.42 Å². The lowest BCUT2D eigenvalue weighted by molar-refractivity contribution is -0.137. The van der Waals surface area contributed by atoms with E-state index in [1.165, 1.54) is 63.5 Å². The second kappa shape index (κ2) is 9.31. The molecule has 0 aromatic rings. The van der Waals surface area contributed by atoms with Gasteiger partial charge < -0.3 is 5.11 Å². The van der Waals surface area contributed by atoms with Crippen molar-refractivity contribution in [2.75, 3.05) is 5.75 Å². The van der Waals surface area contributed by atoms with Gasteiger partial charge in [-0.05, 0) is 87.2 Å². The van der Waals surface area contributed by atoms with Gasteiger partial charge >= 0.3 is 5.97 Å². The summed E-state index contributed by atoms with van der Waals surface area (Å²) in [7, 11) is 0. The van der Waals surface area contributed by atoms with Crippen LogP contribution in [0.15, 0.2) is 12.2 Å². The van der Waals surface area contributed by atoms with Gasteiger partial charge in [-0.2, -0.15) is 11.8 Å². The Morgan fingerprint density at radius 1 is 1.04 bits per heavy atom. The molecule has 3 heteroatoms. The molecule has 0 heterocycles. The number of rotatable bonds is 10. The Labute approximate surface area is 151 Å². The van der Waals surface area contributed by atoms with Crippen molar-refractivity contribution in [1.29, 1.82) is 0 Å². The molecule has 0 radical (unpaired) electrons. The van der Waals surface area contributed by atoms with Gasteiger partial charge in [0.2, 0.25) is 0 Å². The molecule has 2 nitrogen and oxygen atoms in total. The predicted molar refractivity (Wildman–Crippen MR) is 102 cm³/mol. The molecule has 0 spiro atoms. The van der Waals surface area contributed by atoms with Gasteiger partial charge in [-0.3, -0.25) is 4.79 Å². The van der Waals surface area contributed by atoms with E-state index in [-0.39, 0.29) is 0 Å². The van der Waals surface area contributed by atoms with E-state index >= 15 is 0 Å². The topological polar surface area (TPSA) is 37.3 Å². The second-order valence-electron chi connectivity index (χ2n) is 8.22. The first-order valence-electron chi connectivity index (χ1n) is 10.2. The lowest BCUT2D eigenvalue weighted by Crippen LogP contribution is -2.22. The van der Waals surface area contributed by atoms with Crippen LogP contribution >= 0.6 is 11.8 Å². The fraction of sp³-hybridized carbons (Fsp3) is 0.857. The van der Waals surface area contributed by atoms with Crippen molar-refractivity contribution in [2.24, 2.45) is 23.7 Å². The van der Waals surface area contributed by atoms with Crippen molar-refractivity contribution in [3.05, 3.63) is 12.2 Å². The molecule has 3 rings (SSSR count). The van der Waals surface area contributed by atoms with Crippen LogP contribution in [0, 0.1) is 23.7 Å². The number of hydrogen-bond donors (Lipinski definition) is 1. The molecule has 0 aromatic carbocycles. The quantitative estimate of drug-likeness (QED) is 0.393. The first-order chi connectivity index (χ1) is 11.7. The molecular formula is C21H34O2S. The van der Waals surface area contributed by atoms with Crippen molar-refractivity contribution in [1.82, 2.24) is 0 Å². The Bertz CT molecular complexity index is 428. The normalized spacial score (nSPS) is 33.0. The fourth-order valence-electron chi connectivity index (χ4n) is 5.51. The lowest BCUT2D eigenvalue weighted by atomic mass is 9.76. The highest BCUT2D eigenvalue weighted by Crippen LogP contribution is 2.55. The maximum Gasteiger partial charge on any atom is 0.303 e. The molecule has 3 aliphatic carbocycles. The van der Waals surface area contributed by atoms with Crippen LogP contribution in [0.1, 0.15) is 77.0 Å². The molecule has 0 unspecified atom stereocenters. The first kappa shape index (κ1) is 18.4. The number of carboxylic acids is 1. The standard InChI is InChI=1S/C21H34O2S/c22-21(23)10-4-2-1-3-9-19-16-11-12-17(15-16)20(19)13-14-24-18-7-5-6-8-18/h1,3,16-20H,2,4-15H2,(H,22,23)/t16-,17+,19-,20+/m0/s1. The van der Waals surface area contributed by atoms with Gasteiger partial charge in [0.1, 0.15) is 0 Å². The molecule has 3 aliphatic rings. The van der Waals surface area contributed by atoms with E-state index in [0.717, 1.165) is 41.8 Å². The first-order valence-corrected chi connectivity index (χ1v) is 11.3. The monoisotopic (exact) mass is 350 g/mol. The number of thioether (sulfide) groups is 1. The van der Waals surface area contributed by atoms with Crippen LogP contribution in [0.4, 0.5) is 0 Å². The summed E-state index contributed by atoms with van der Waals surface area (Å²) in [6.07, 6.45) is 19.6. The van der Waals surface area contributed by atoms with Crippen LogP contribution in [0.5, 0.6) is 0 Å². The summed E-state index contributed by atoms with van der Waals surface area (Å²) in [6.45, 7) is 0. The van der Waals surface area contributed by atoms with Crippen molar-refractivity contribution in [2.45, 2.75) is 82.3 Å². The Kier molecular flexibility index (Phi) is 7.12. The number of aliphatic carboxylic acids is 1. The summed E-state index contributed by atoms with van der Waals surface area (Å²) in [5.41, 5.74) is 0.